The van der Waals surface area contributed by atoms with Crippen LogP contribution in [0.4, 0.5) is 11.5 Å². The molecule has 6 nitrogen and oxygen atoms in total. The second-order valence-corrected chi connectivity index (χ2v) is 6.92. The normalized spacial score (nSPS) is 16.5. The predicted molar refractivity (Wildman–Crippen MR) is 106 cm³/mol. The van der Waals surface area contributed by atoms with Crippen LogP contribution in [0.2, 0.25) is 5.15 Å². The van der Waals surface area contributed by atoms with Gasteiger partial charge in [-0.3, -0.25) is 4.79 Å². The minimum Gasteiger partial charge on any atom is -0.488 e. The summed E-state index contributed by atoms with van der Waals surface area (Å²) >= 11 is 5.83. The number of carbonyl (C=O) groups is 1. The van der Waals surface area contributed by atoms with Crippen molar-refractivity contribution >= 4 is 39.8 Å². The molecule has 7 heteroatoms. The Labute approximate surface area is 162 Å². The lowest BCUT2D eigenvalue weighted by Gasteiger charge is -2.16. The van der Waals surface area contributed by atoms with E-state index in [0.717, 1.165) is 41.0 Å². The molecule has 2 aromatic heterocycles. The van der Waals surface area contributed by atoms with Crippen molar-refractivity contribution in [1.29, 1.82) is 0 Å². The number of pyridine rings is 2. The Morgan fingerprint density at radius 1 is 1.26 bits per heavy atom. The molecule has 1 atom stereocenters. The number of aromatic nitrogens is 2. The Morgan fingerprint density at radius 3 is 2.89 bits per heavy atom. The smallest absolute Gasteiger partial charge is 0.219 e. The third-order valence-corrected chi connectivity index (χ3v) is 4.84. The molecule has 138 valence electrons. The summed E-state index contributed by atoms with van der Waals surface area (Å²) in [6.07, 6.45) is 4.31. The van der Waals surface area contributed by atoms with Crippen molar-refractivity contribution in [2.24, 2.45) is 0 Å². The van der Waals surface area contributed by atoms with Crippen LogP contribution in [0.3, 0.4) is 0 Å². The predicted octanol–water partition coefficient (Wildman–Crippen LogP) is 4.03. The Balaban J connectivity index is 1.53. The summed E-state index contributed by atoms with van der Waals surface area (Å²) in [6.45, 7) is 2.98. The standard InChI is InChI=1S/C20H19ClN4O2/c1-13(26)25-9-7-17(12-25)27-16-3-4-18-14(10-16)6-8-22-20(18)24-15-2-5-19(21)23-11-15/h2-6,8,10-11,17H,7,9,12H2,1H3,(H,22,24)/t17-/m0/s1. The molecule has 1 aliphatic rings. The fourth-order valence-corrected chi connectivity index (χ4v) is 3.33. The number of nitrogens with one attached hydrogen (secondary N) is 1. The molecule has 1 aliphatic heterocycles. The molecule has 0 radical (unpaired) electrons. The van der Waals surface area contributed by atoms with Gasteiger partial charge in [0.05, 0.1) is 18.4 Å². The van der Waals surface area contributed by atoms with Crippen LogP contribution < -0.4 is 10.1 Å². The van der Waals surface area contributed by atoms with Crippen LogP contribution in [0.15, 0.2) is 48.8 Å². The van der Waals surface area contributed by atoms with Gasteiger partial charge in [0.1, 0.15) is 22.8 Å². The molecule has 3 aromatic rings. The number of rotatable bonds is 4. The van der Waals surface area contributed by atoms with Gasteiger partial charge in [-0.05, 0) is 41.8 Å². The van der Waals surface area contributed by atoms with Crippen molar-refractivity contribution in [2.45, 2.75) is 19.4 Å². The third-order valence-electron chi connectivity index (χ3n) is 4.62. The first-order chi connectivity index (χ1) is 13.1. The zero-order valence-electron chi connectivity index (χ0n) is 14.9. The average Bonchev–Trinajstić information content (AvgIpc) is 3.12. The highest BCUT2D eigenvalue weighted by atomic mass is 35.5. The second kappa shape index (κ2) is 7.40. The maximum atomic E-state index is 11.5. The molecule has 27 heavy (non-hydrogen) atoms. The molecule has 1 fully saturated rings. The van der Waals surface area contributed by atoms with Gasteiger partial charge in [0.2, 0.25) is 5.91 Å². The molecule has 4 rings (SSSR count). The average molecular weight is 383 g/mol. The number of fused-ring (bicyclic) bond motifs is 1. The molecule has 1 saturated heterocycles. The highest BCUT2D eigenvalue weighted by molar-refractivity contribution is 6.29. The molecule has 1 amide bonds. The Bertz CT molecular complexity index is 977. The highest BCUT2D eigenvalue weighted by Crippen LogP contribution is 2.29. The minimum atomic E-state index is 0.0333. The lowest BCUT2D eigenvalue weighted by Crippen LogP contribution is -2.28. The molecule has 0 unspecified atom stereocenters. The number of anilines is 2. The van der Waals surface area contributed by atoms with Gasteiger partial charge in [-0.1, -0.05) is 11.6 Å². The number of ether oxygens (including phenoxy) is 1. The number of carbonyl (C=O) groups excluding carboxylic acids is 1. The zero-order chi connectivity index (χ0) is 18.8. The van der Waals surface area contributed by atoms with E-state index in [4.69, 9.17) is 16.3 Å². The van der Waals surface area contributed by atoms with Crippen molar-refractivity contribution < 1.29 is 9.53 Å². The fraction of sp³-hybridized carbons (Fsp3) is 0.250. The van der Waals surface area contributed by atoms with Crippen molar-refractivity contribution in [3.8, 4) is 5.75 Å². The zero-order valence-corrected chi connectivity index (χ0v) is 15.6. The van der Waals surface area contributed by atoms with Crippen LogP contribution in [0.5, 0.6) is 5.75 Å². The van der Waals surface area contributed by atoms with Crippen LogP contribution in [-0.4, -0.2) is 40.0 Å². The van der Waals surface area contributed by atoms with E-state index < -0.39 is 0 Å². The lowest BCUT2D eigenvalue weighted by molar-refractivity contribution is -0.128. The summed E-state index contributed by atoms with van der Waals surface area (Å²) in [4.78, 5) is 21.8. The summed E-state index contributed by atoms with van der Waals surface area (Å²) in [5.41, 5.74) is 0.815. The summed E-state index contributed by atoms with van der Waals surface area (Å²) < 4.78 is 6.08. The van der Waals surface area contributed by atoms with Gasteiger partial charge in [-0.15, -0.1) is 0 Å². The third kappa shape index (κ3) is 3.95. The molecule has 1 N–H and O–H groups in total. The highest BCUT2D eigenvalue weighted by Gasteiger charge is 2.25. The maximum absolute atomic E-state index is 11.5. The summed E-state index contributed by atoms with van der Waals surface area (Å²) in [6, 6.07) is 11.5. The second-order valence-electron chi connectivity index (χ2n) is 6.53. The number of hydrogen-bond donors (Lipinski definition) is 1. The molecule has 1 aromatic carbocycles. The molecule has 3 heterocycles. The summed E-state index contributed by atoms with van der Waals surface area (Å²) in [5, 5.41) is 5.72. The Morgan fingerprint density at radius 2 is 2.15 bits per heavy atom. The number of benzene rings is 1. The van der Waals surface area contributed by atoms with Gasteiger partial charge in [0.25, 0.3) is 0 Å². The van der Waals surface area contributed by atoms with E-state index in [9.17, 15) is 4.79 Å². The fourth-order valence-electron chi connectivity index (χ4n) is 3.22. The Hall–Kier alpha value is -2.86. The number of halogens is 1. The minimum absolute atomic E-state index is 0.0333. The van der Waals surface area contributed by atoms with Gasteiger partial charge >= 0.3 is 0 Å². The quantitative estimate of drug-likeness (QED) is 0.690. The van der Waals surface area contributed by atoms with E-state index in [2.05, 4.69) is 15.3 Å². The van der Waals surface area contributed by atoms with E-state index in [1.54, 1.807) is 25.4 Å². The van der Waals surface area contributed by atoms with Crippen LogP contribution in [0.25, 0.3) is 10.8 Å². The van der Waals surface area contributed by atoms with Crippen molar-refractivity contribution in [2.75, 3.05) is 18.4 Å². The SMILES string of the molecule is CC(=O)N1CC[C@H](Oc2ccc3c(Nc4ccc(Cl)nc4)nccc3c2)C1. The van der Waals surface area contributed by atoms with Crippen LogP contribution in [-0.2, 0) is 4.79 Å². The van der Waals surface area contributed by atoms with Crippen LogP contribution in [0.1, 0.15) is 13.3 Å². The van der Waals surface area contributed by atoms with E-state index in [1.165, 1.54) is 0 Å². The number of nitrogens with zero attached hydrogens (tertiary/aromatic N) is 3. The van der Waals surface area contributed by atoms with Crippen LogP contribution in [0, 0.1) is 0 Å². The van der Waals surface area contributed by atoms with Gasteiger partial charge < -0.3 is 15.0 Å². The number of hydrogen-bond acceptors (Lipinski definition) is 5. The van der Waals surface area contributed by atoms with E-state index >= 15 is 0 Å². The molecular weight excluding hydrogens is 364 g/mol. The molecule has 0 spiro atoms. The molecule has 0 saturated carbocycles. The topological polar surface area (TPSA) is 67.3 Å². The number of amides is 1. The van der Waals surface area contributed by atoms with Gasteiger partial charge in [0, 0.05) is 31.5 Å². The molecule has 0 aliphatic carbocycles. The van der Waals surface area contributed by atoms with Crippen molar-refractivity contribution in [3.05, 3.63) is 53.9 Å². The largest absolute Gasteiger partial charge is 0.488 e. The van der Waals surface area contributed by atoms with E-state index in [1.807, 2.05) is 35.2 Å². The molecular formula is C20H19ClN4O2. The maximum Gasteiger partial charge on any atom is 0.219 e. The summed E-state index contributed by atoms with van der Waals surface area (Å²) in [7, 11) is 0. The van der Waals surface area contributed by atoms with Crippen molar-refractivity contribution in [1.82, 2.24) is 14.9 Å². The van der Waals surface area contributed by atoms with Crippen LogP contribution >= 0.6 is 11.6 Å². The first-order valence-corrected chi connectivity index (χ1v) is 9.16. The monoisotopic (exact) mass is 382 g/mol. The van der Waals surface area contributed by atoms with E-state index in [-0.39, 0.29) is 12.0 Å². The van der Waals surface area contributed by atoms with Gasteiger partial charge in [0.15, 0.2) is 0 Å². The molecule has 0 bridgehead atoms. The number of likely N-dealkylation sites (tertiary alicyclic amines) is 1. The van der Waals surface area contributed by atoms with Crippen molar-refractivity contribution in [3.63, 3.8) is 0 Å². The van der Waals surface area contributed by atoms with Gasteiger partial charge in [-0.25, -0.2) is 9.97 Å². The first-order valence-electron chi connectivity index (χ1n) is 8.78. The van der Waals surface area contributed by atoms with E-state index in [0.29, 0.717) is 11.7 Å². The van der Waals surface area contributed by atoms with Gasteiger partial charge in [-0.2, -0.15) is 0 Å². The lowest BCUT2D eigenvalue weighted by atomic mass is 10.1. The first kappa shape index (κ1) is 17.5. The summed E-state index contributed by atoms with van der Waals surface area (Å²) in [5.74, 6) is 1.63. The Kier molecular flexibility index (Phi) is 4.81.